The highest BCUT2D eigenvalue weighted by Gasteiger charge is 2.13. The molecule has 0 unspecified atom stereocenters. The van der Waals surface area contributed by atoms with Gasteiger partial charge in [-0.1, -0.05) is 18.2 Å². The van der Waals surface area contributed by atoms with Gasteiger partial charge in [-0.3, -0.25) is 4.79 Å². The van der Waals surface area contributed by atoms with Crippen LogP contribution in [0.2, 0.25) is 0 Å². The number of carboxylic acids is 1. The second-order valence-electron chi connectivity index (χ2n) is 5.09. The molecule has 0 amide bonds. The van der Waals surface area contributed by atoms with Crippen molar-refractivity contribution in [3.8, 4) is 0 Å². The summed E-state index contributed by atoms with van der Waals surface area (Å²) in [6.07, 6.45) is 3.02. The Morgan fingerprint density at radius 2 is 1.84 bits per heavy atom. The molecule has 0 heterocycles. The maximum Gasteiger partial charge on any atom is 0.303 e. The number of aryl methyl sites for hydroxylation is 1. The van der Waals surface area contributed by atoms with Gasteiger partial charge in [-0.25, -0.2) is 4.58 Å². The lowest BCUT2D eigenvalue weighted by Gasteiger charge is -2.07. The van der Waals surface area contributed by atoms with Crippen LogP contribution in [0.15, 0.2) is 24.3 Å². The summed E-state index contributed by atoms with van der Waals surface area (Å²) in [5.74, 6) is -0.700. The topological polar surface area (TPSA) is 40.3 Å². The number of rotatable bonds is 7. The Morgan fingerprint density at radius 3 is 2.42 bits per heavy atom. The predicted molar refractivity (Wildman–Crippen MR) is 78.4 cm³/mol. The van der Waals surface area contributed by atoms with Crippen LogP contribution < -0.4 is 0 Å². The van der Waals surface area contributed by atoms with Crippen LogP contribution in [0.5, 0.6) is 0 Å². The third-order valence-electron chi connectivity index (χ3n) is 3.22. The van der Waals surface area contributed by atoms with Crippen molar-refractivity contribution in [3.05, 3.63) is 29.8 Å². The highest BCUT2D eigenvalue weighted by molar-refractivity contribution is 5.75. The molecule has 104 valence electrons. The van der Waals surface area contributed by atoms with Gasteiger partial charge in [0.05, 0.1) is 0 Å². The predicted octanol–water partition coefficient (Wildman–Crippen LogP) is 3.76. The minimum atomic E-state index is -0.700. The van der Waals surface area contributed by atoms with E-state index in [-0.39, 0.29) is 6.42 Å². The molecule has 1 aromatic rings. The fourth-order valence-electron chi connectivity index (χ4n) is 2.17. The average molecular weight is 262 g/mol. The summed E-state index contributed by atoms with van der Waals surface area (Å²) in [4.78, 5) is 10.5. The van der Waals surface area contributed by atoms with E-state index in [0.717, 1.165) is 25.8 Å². The molecule has 0 aliphatic heterocycles. The molecule has 0 saturated carbocycles. The van der Waals surface area contributed by atoms with Crippen molar-refractivity contribution in [2.45, 2.75) is 46.5 Å². The Hall–Kier alpha value is -1.64. The number of nitrogens with zero attached hydrogens (tertiary/aromatic N) is 1. The first-order valence-corrected chi connectivity index (χ1v) is 6.87. The van der Waals surface area contributed by atoms with Gasteiger partial charge in [-0.15, -0.1) is 0 Å². The van der Waals surface area contributed by atoms with Crippen molar-refractivity contribution >= 4 is 17.4 Å². The largest absolute Gasteiger partial charge is 0.481 e. The van der Waals surface area contributed by atoms with E-state index >= 15 is 0 Å². The quantitative estimate of drug-likeness (QED) is 0.461. The van der Waals surface area contributed by atoms with Crippen LogP contribution in [0, 0.1) is 6.92 Å². The number of hydrogen-bond acceptors (Lipinski definition) is 1. The summed E-state index contributed by atoms with van der Waals surface area (Å²) in [5, 5.41) is 8.61. The smallest absolute Gasteiger partial charge is 0.303 e. The summed E-state index contributed by atoms with van der Waals surface area (Å²) >= 11 is 0. The summed E-state index contributed by atoms with van der Waals surface area (Å²) in [6, 6.07) is 8.37. The van der Waals surface area contributed by atoms with E-state index in [1.54, 1.807) is 0 Å². The van der Waals surface area contributed by atoms with Gasteiger partial charge in [-0.05, 0) is 19.8 Å². The van der Waals surface area contributed by atoms with Crippen molar-refractivity contribution in [3.63, 3.8) is 0 Å². The molecule has 0 radical (unpaired) electrons. The summed E-state index contributed by atoms with van der Waals surface area (Å²) < 4.78 is 2.32. The standard InChI is InChI=1S/C16H23NO2/c1-13(2)17(12-8-4-5-11-16(18)19)15-10-7-6-9-14(15)3/h6-7,9-10H,4-5,8,11-12H2,1-3H3/p+1. The van der Waals surface area contributed by atoms with Crippen LogP contribution in [0.3, 0.4) is 0 Å². The van der Waals surface area contributed by atoms with Crippen LogP contribution >= 0.6 is 0 Å². The van der Waals surface area contributed by atoms with Gasteiger partial charge in [0.2, 0.25) is 5.69 Å². The van der Waals surface area contributed by atoms with Crippen molar-refractivity contribution in [1.82, 2.24) is 0 Å². The van der Waals surface area contributed by atoms with E-state index in [1.807, 2.05) is 0 Å². The highest BCUT2D eigenvalue weighted by Crippen LogP contribution is 2.18. The number of unbranched alkanes of at least 4 members (excludes halogenated alkanes) is 2. The van der Waals surface area contributed by atoms with Crippen molar-refractivity contribution in [2.75, 3.05) is 6.54 Å². The van der Waals surface area contributed by atoms with E-state index in [1.165, 1.54) is 17.0 Å². The Labute approximate surface area is 115 Å². The molecule has 1 aromatic carbocycles. The number of carboxylic acid groups (broad SMARTS) is 1. The average Bonchev–Trinajstić information content (AvgIpc) is 2.34. The number of carbonyl (C=O) groups is 1. The van der Waals surface area contributed by atoms with E-state index < -0.39 is 5.97 Å². The van der Waals surface area contributed by atoms with Gasteiger partial charge in [-0.2, -0.15) is 0 Å². The van der Waals surface area contributed by atoms with Gasteiger partial charge in [0.15, 0.2) is 5.71 Å². The molecule has 0 atom stereocenters. The molecular weight excluding hydrogens is 238 g/mol. The molecular formula is C16H24NO2+. The third-order valence-corrected chi connectivity index (χ3v) is 3.22. The van der Waals surface area contributed by atoms with Crippen molar-refractivity contribution < 1.29 is 14.5 Å². The number of benzene rings is 1. The number of para-hydroxylation sites is 1. The minimum absolute atomic E-state index is 0.277. The Balaban J connectivity index is 2.59. The molecule has 0 aliphatic carbocycles. The summed E-state index contributed by atoms with van der Waals surface area (Å²) in [6.45, 7) is 7.30. The maximum atomic E-state index is 10.5. The zero-order valence-corrected chi connectivity index (χ0v) is 12.1. The third kappa shape index (κ3) is 5.25. The van der Waals surface area contributed by atoms with Gasteiger partial charge in [0, 0.05) is 38.3 Å². The van der Waals surface area contributed by atoms with E-state index in [4.69, 9.17) is 5.11 Å². The Morgan fingerprint density at radius 1 is 1.16 bits per heavy atom. The molecule has 0 aromatic heterocycles. The first-order chi connectivity index (χ1) is 9.02. The number of aliphatic carboxylic acids is 1. The van der Waals surface area contributed by atoms with Crippen LogP contribution in [0.25, 0.3) is 0 Å². The van der Waals surface area contributed by atoms with Gasteiger partial charge < -0.3 is 5.11 Å². The summed E-state index contributed by atoms with van der Waals surface area (Å²) in [7, 11) is 0. The van der Waals surface area contributed by atoms with E-state index in [0.29, 0.717) is 0 Å². The molecule has 1 N–H and O–H groups in total. The normalized spacial score (nSPS) is 10.3. The lowest BCUT2D eigenvalue weighted by molar-refractivity contribution is -0.443. The monoisotopic (exact) mass is 262 g/mol. The van der Waals surface area contributed by atoms with Crippen LogP contribution in [-0.2, 0) is 4.79 Å². The SMILES string of the molecule is CC(C)=[N+](CCCCCC(=O)O)c1ccccc1C. The Bertz CT molecular complexity index is 460. The van der Waals surface area contributed by atoms with Gasteiger partial charge in [0.1, 0.15) is 6.54 Å². The highest BCUT2D eigenvalue weighted by atomic mass is 16.4. The second kappa shape index (κ2) is 7.72. The molecule has 3 nitrogen and oxygen atoms in total. The molecule has 0 bridgehead atoms. The molecule has 3 heteroatoms. The fourth-order valence-corrected chi connectivity index (χ4v) is 2.17. The fraction of sp³-hybridized carbons (Fsp3) is 0.500. The minimum Gasteiger partial charge on any atom is -0.481 e. The zero-order chi connectivity index (χ0) is 14.3. The first kappa shape index (κ1) is 15.4. The molecule has 0 saturated heterocycles. The van der Waals surface area contributed by atoms with Crippen molar-refractivity contribution in [2.24, 2.45) is 0 Å². The van der Waals surface area contributed by atoms with Gasteiger partial charge in [0.25, 0.3) is 0 Å². The first-order valence-electron chi connectivity index (χ1n) is 6.87. The zero-order valence-electron chi connectivity index (χ0n) is 12.1. The van der Waals surface area contributed by atoms with Crippen molar-refractivity contribution in [1.29, 1.82) is 0 Å². The van der Waals surface area contributed by atoms with Gasteiger partial charge >= 0.3 is 5.97 Å². The van der Waals surface area contributed by atoms with Crippen LogP contribution in [-0.4, -0.2) is 27.9 Å². The lowest BCUT2D eigenvalue weighted by atomic mass is 10.1. The molecule has 0 aliphatic rings. The molecule has 1 rings (SSSR count). The molecule has 19 heavy (non-hydrogen) atoms. The van der Waals surface area contributed by atoms with Crippen LogP contribution in [0.1, 0.15) is 45.1 Å². The van der Waals surface area contributed by atoms with E-state index in [9.17, 15) is 4.79 Å². The molecule has 0 spiro atoms. The summed E-state index contributed by atoms with van der Waals surface area (Å²) in [5.41, 5.74) is 3.79. The molecule has 0 fully saturated rings. The number of hydrogen-bond donors (Lipinski definition) is 1. The Kier molecular flexibility index (Phi) is 6.26. The maximum absolute atomic E-state index is 10.5. The van der Waals surface area contributed by atoms with Crippen LogP contribution in [0.4, 0.5) is 5.69 Å². The second-order valence-corrected chi connectivity index (χ2v) is 5.09. The lowest BCUT2D eigenvalue weighted by Crippen LogP contribution is -2.14. The van der Waals surface area contributed by atoms with E-state index in [2.05, 4.69) is 49.6 Å².